The van der Waals surface area contributed by atoms with Crippen LogP contribution in [0.5, 0.6) is 5.88 Å². The maximum Gasteiger partial charge on any atom is 0.282 e. The van der Waals surface area contributed by atoms with Gasteiger partial charge in [0, 0.05) is 33.5 Å². The zero-order valence-electron chi connectivity index (χ0n) is 16.2. The number of nitrogens with one attached hydrogen (secondary N) is 1. The Balaban J connectivity index is 1.87. The van der Waals surface area contributed by atoms with Gasteiger partial charge in [-0.15, -0.1) is 11.3 Å². The molecule has 0 amide bonds. The summed E-state index contributed by atoms with van der Waals surface area (Å²) in [5, 5.41) is 14.6. The molecule has 1 aliphatic rings. The number of ether oxygens (including phenoxy) is 1. The van der Waals surface area contributed by atoms with E-state index in [1.54, 1.807) is 12.3 Å². The van der Waals surface area contributed by atoms with Crippen LogP contribution < -0.4 is 4.74 Å². The highest BCUT2D eigenvalue weighted by Crippen LogP contribution is 2.47. The topological polar surface area (TPSA) is 79.5 Å². The predicted octanol–water partition coefficient (Wildman–Crippen LogP) is 5.30. The Morgan fingerprint density at radius 3 is 3.00 bits per heavy atom. The lowest BCUT2D eigenvalue weighted by Gasteiger charge is -2.21. The number of pyridine rings is 1. The van der Waals surface area contributed by atoms with Crippen molar-refractivity contribution in [3.63, 3.8) is 0 Å². The minimum Gasteiger partial charge on any atom is -0.477 e. The number of rotatable bonds is 3. The summed E-state index contributed by atoms with van der Waals surface area (Å²) in [6.45, 7) is 4.83. The van der Waals surface area contributed by atoms with Crippen LogP contribution in [0.1, 0.15) is 28.8 Å². The number of nitriles is 1. The quantitative estimate of drug-likeness (QED) is 0.483. The molecule has 0 saturated carbocycles. The Morgan fingerprint density at radius 2 is 2.23 bits per heavy atom. The summed E-state index contributed by atoms with van der Waals surface area (Å²) in [5.41, 5.74) is 2.26. The van der Waals surface area contributed by atoms with E-state index in [0.717, 1.165) is 10.3 Å². The van der Waals surface area contributed by atoms with E-state index in [4.69, 9.17) is 4.74 Å². The number of H-pyrrole nitrogens is 1. The van der Waals surface area contributed by atoms with Crippen molar-refractivity contribution in [1.29, 1.82) is 5.26 Å². The Kier molecular flexibility index (Phi) is 4.33. The van der Waals surface area contributed by atoms with Crippen LogP contribution in [0.25, 0.3) is 33.4 Å². The number of hydrogen-bond donors (Lipinski definition) is 1. The average molecular weight is 425 g/mol. The van der Waals surface area contributed by atoms with E-state index in [9.17, 15) is 14.0 Å². The second-order valence-corrected chi connectivity index (χ2v) is 8.71. The minimum absolute atomic E-state index is 0.171. The first-order valence-electron chi connectivity index (χ1n) is 9.47. The summed E-state index contributed by atoms with van der Waals surface area (Å²) in [5.74, 6) is 0.492. The Morgan fingerprint density at radius 1 is 1.40 bits per heavy atom. The van der Waals surface area contributed by atoms with Gasteiger partial charge in [-0.3, -0.25) is 0 Å². The van der Waals surface area contributed by atoms with Gasteiger partial charge >= 0.3 is 0 Å². The molecule has 1 unspecified atom stereocenters. The fraction of sp³-hybridized carbons (Fsp3) is 0.286. The van der Waals surface area contributed by atoms with Crippen LogP contribution in [0.2, 0.25) is 0 Å². The first kappa shape index (κ1) is 18.8. The van der Waals surface area contributed by atoms with E-state index < -0.39 is 6.43 Å². The second-order valence-electron chi connectivity index (χ2n) is 7.45. The molecule has 0 saturated heterocycles. The molecule has 30 heavy (non-hydrogen) atoms. The monoisotopic (exact) mass is 425 g/mol. The van der Waals surface area contributed by atoms with Crippen molar-refractivity contribution in [2.45, 2.75) is 26.8 Å². The third-order valence-corrected chi connectivity index (χ3v) is 6.13. The number of aromatic amines is 1. The van der Waals surface area contributed by atoms with Crippen LogP contribution in [0.3, 0.4) is 0 Å². The predicted molar refractivity (Wildman–Crippen MR) is 110 cm³/mol. The minimum atomic E-state index is -2.77. The first-order chi connectivity index (χ1) is 14.5. The lowest BCUT2D eigenvalue weighted by atomic mass is 9.99. The second kappa shape index (κ2) is 6.92. The highest BCUT2D eigenvalue weighted by molar-refractivity contribution is 7.13. The van der Waals surface area contributed by atoms with Gasteiger partial charge in [-0.2, -0.15) is 10.4 Å². The largest absolute Gasteiger partial charge is 0.477 e. The third-order valence-electron chi connectivity index (χ3n) is 5.18. The van der Waals surface area contributed by atoms with E-state index in [0.29, 0.717) is 46.4 Å². The molecule has 0 aromatic carbocycles. The molecule has 0 fully saturated rings. The van der Waals surface area contributed by atoms with Crippen molar-refractivity contribution in [2.75, 3.05) is 6.61 Å². The molecular formula is C21H17F2N5OS. The van der Waals surface area contributed by atoms with Crippen molar-refractivity contribution < 1.29 is 13.5 Å². The molecule has 0 aliphatic carbocycles. The molecule has 6 nitrogen and oxygen atoms in total. The van der Waals surface area contributed by atoms with Gasteiger partial charge in [-0.25, -0.2) is 18.4 Å². The van der Waals surface area contributed by atoms with Crippen molar-refractivity contribution in [1.82, 2.24) is 19.7 Å². The number of hydrogen-bond acceptors (Lipinski definition) is 5. The molecule has 9 heteroatoms. The summed E-state index contributed by atoms with van der Waals surface area (Å²) in [6, 6.07) is 7.79. The maximum absolute atomic E-state index is 14.0. The molecule has 5 rings (SSSR count). The molecule has 0 bridgehead atoms. The summed E-state index contributed by atoms with van der Waals surface area (Å²) in [6.07, 6.45) is -1.14. The molecule has 0 radical (unpaired) electrons. The number of thiophene rings is 1. The fourth-order valence-electron chi connectivity index (χ4n) is 3.96. The van der Waals surface area contributed by atoms with Gasteiger partial charge in [0.05, 0.1) is 24.4 Å². The van der Waals surface area contributed by atoms with Crippen molar-refractivity contribution >= 4 is 22.4 Å². The molecule has 1 atom stereocenters. The normalized spacial score (nSPS) is 15.9. The van der Waals surface area contributed by atoms with Gasteiger partial charge in [-0.05, 0) is 25.1 Å². The van der Waals surface area contributed by atoms with Gasteiger partial charge in [0.2, 0.25) is 5.88 Å². The molecule has 1 N–H and O–H groups in total. The number of halogens is 2. The molecule has 1 aliphatic heterocycles. The van der Waals surface area contributed by atoms with Gasteiger partial charge in [0.15, 0.2) is 0 Å². The van der Waals surface area contributed by atoms with Crippen molar-refractivity contribution in [3.8, 4) is 34.3 Å². The molecular weight excluding hydrogens is 408 g/mol. The lowest BCUT2D eigenvalue weighted by Crippen LogP contribution is -2.23. The van der Waals surface area contributed by atoms with E-state index in [1.807, 2.05) is 26.0 Å². The SMILES string of the molecule is Cc1cc(-c2c(-c3c(C(F)F)nn4c3OCC(C)C4)[nH]c3ncccc23)c(C#N)s1. The van der Waals surface area contributed by atoms with Gasteiger partial charge in [0.1, 0.15) is 22.3 Å². The van der Waals surface area contributed by atoms with Crippen LogP contribution in [0, 0.1) is 24.2 Å². The highest BCUT2D eigenvalue weighted by Gasteiger charge is 2.33. The molecule has 152 valence electrons. The summed E-state index contributed by atoms with van der Waals surface area (Å²) < 4.78 is 35.4. The number of nitrogens with zero attached hydrogens (tertiary/aromatic N) is 4. The first-order valence-corrected chi connectivity index (χ1v) is 10.3. The van der Waals surface area contributed by atoms with Gasteiger partial charge in [0.25, 0.3) is 6.43 Å². The van der Waals surface area contributed by atoms with Gasteiger partial charge < -0.3 is 9.72 Å². The van der Waals surface area contributed by atoms with Crippen LogP contribution in [-0.4, -0.2) is 26.4 Å². The average Bonchev–Trinajstić information content (AvgIpc) is 3.39. The number of alkyl halides is 2. The van der Waals surface area contributed by atoms with Crippen LogP contribution in [-0.2, 0) is 6.54 Å². The van der Waals surface area contributed by atoms with E-state index in [-0.39, 0.29) is 17.2 Å². The molecule has 4 aromatic heterocycles. The van der Waals surface area contributed by atoms with Crippen LogP contribution in [0.15, 0.2) is 24.4 Å². The zero-order valence-corrected chi connectivity index (χ0v) is 17.1. The lowest BCUT2D eigenvalue weighted by molar-refractivity contribution is 0.143. The van der Waals surface area contributed by atoms with Gasteiger partial charge in [-0.1, -0.05) is 6.92 Å². The highest BCUT2D eigenvalue weighted by atomic mass is 32.1. The smallest absolute Gasteiger partial charge is 0.282 e. The zero-order chi connectivity index (χ0) is 21.0. The number of fused-ring (bicyclic) bond motifs is 2. The number of aryl methyl sites for hydroxylation is 1. The number of aromatic nitrogens is 4. The third kappa shape index (κ3) is 2.79. The van der Waals surface area contributed by atoms with Crippen molar-refractivity contribution in [2.24, 2.45) is 5.92 Å². The summed E-state index contributed by atoms with van der Waals surface area (Å²) in [7, 11) is 0. The summed E-state index contributed by atoms with van der Waals surface area (Å²) >= 11 is 1.37. The van der Waals surface area contributed by atoms with Crippen molar-refractivity contribution in [3.05, 3.63) is 39.8 Å². The fourth-order valence-corrected chi connectivity index (χ4v) is 4.78. The van der Waals surface area contributed by atoms with Crippen LogP contribution in [0.4, 0.5) is 8.78 Å². The summed E-state index contributed by atoms with van der Waals surface area (Å²) in [4.78, 5) is 9.05. The maximum atomic E-state index is 14.0. The van der Waals surface area contributed by atoms with E-state index in [1.165, 1.54) is 16.0 Å². The molecule has 5 heterocycles. The molecule has 0 spiro atoms. The Bertz CT molecular complexity index is 1310. The van der Waals surface area contributed by atoms with Crippen LogP contribution >= 0.6 is 11.3 Å². The van der Waals surface area contributed by atoms with E-state index >= 15 is 0 Å². The standard InChI is InChI=1S/C21H17F2N5OS/c1-10-8-28-21(29-9-10)16(18(27-28)19(22)23)17-15(12-4-3-5-25-20(12)26-17)13-6-11(2)30-14(13)7-24/h3-6,10,19H,8-9H2,1-2H3,(H,25,26). The molecule has 4 aromatic rings. The van der Waals surface area contributed by atoms with E-state index in [2.05, 4.69) is 21.1 Å². The Labute approximate surface area is 174 Å². The Hall–Kier alpha value is -3.25.